The second-order valence-electron chi connectivity index (χ2n) is 26.9. The first-order valence-corrected chi connectivity index (χ1v) is 40.1. The molecular formula is C52H95BrN10O12Si4. The van der Waals surface area contributed by atoms with Gasteiger partial charge in [0.05, 0.1) is 38.1 Å². The number of ether oxygens (including phenoxy) is 2. The summed E-state index contributed by atoms with van der Waals surface area (Å²) < 4.78 is 44.6. The summed E-state index contributed by atoms with van der Waals surface area (Å²) in [5.41, 5.74) is 12.3. The number of imidazole rings is 2. The lowest BCUT2D eigenvalue weighted by Gasteiger charge is -2.40. The molecule has 2 unspecified atom stereocenters. The molecule has 2 saturated heterocycles. The van der Waals surface area contributed by atoms with Crippen LogP contribution in [-0.4, -0.2) is 137 Å². The molecule has 0 aliphatic carbocycles. The van der Waals surface area contributed by atoms with Crippen molar-refractivity contribution in [2.45, 2.75) is 238 Å². The molecular weight excluding hydrogens is 1150 g/mol. The van der Waals surface area contributed by atoms with Crippen molar-refractivity contribution < 1.29 is 47.0 Å². The molecule has 0 radical (unpaired) electrons. The van der Waals surface area contributed by atoms with Crippen molar-refractivity contribution in [1.29, 1.82) is 0 Å². The number of nitrogen functional groups attached to an aromatic ring is 2. The van der Waals surface area contributed by atoms with Crippen molar-refractivity contribution in [3.63, 3.8) is 0 Å². The van der Waals surface area contributed by atoms with E-state index in [1.54, 1.807) is 21.8 Å². The highest BCUT2D eigenvalue weighted by atomic mass is 79.9. The molecule has 0 amide bonds. The molecule has 6 heterocycles. The van der Waals surface area contributed by atoms with E-state index in [-0.39, 0.29) is 105 Å². The summed E-state index contributed by atoms with van der Waals surface area (Å²) in [6.45, 7) is 45.6. The standard InChI is InChI=1S/C26H47N5O6Si2.C22H41N5O4Si2.C4H7BrO2/c1-25(2,3)38(7,8)35-15-18-17(37-39(9,10)26(4,5)6)14-19(36-18)31-16-28-21-22(31)29-24(27)30(23(21)34)13-11-12-20(32)33;1-21(2,3)32(7,8)29-12-15-14(31-33(9,10)22(4,5)6)11-16(30-15)27-13-24-17-18(27)25-20(23)26-19(17)28;5-3-1-2-4(6)7/h16-19H,11-15H2,1-10H3,(H2,27,29)(H,32,33);13-16H,11-12H2,1-10H3,(H3,23,25,26,28);1-3H2,(H,6,7)/t17?,18-,19-;14?,15-,16-;/m11./s1. The Balaban J connectivity index is 0.000000307. The third-order valence-electron chi connectivity index (χ3n) is 16.8. The first kappa shape index (κ1) is 67.9. The minimum absolute atomic E-state index is 0.0181. The van der Waals surface area contributed by atoms with Crippen molar-refractivity contribution >= 4 is 95.4 Å². The monoisotopic (exact) mass is 1240 g/mol. The molecule has 2 aliphatic rings. The highest BCUT2D eigenvalue weighted by molar-refractivity contribution is 9.09. The average molecular weight is 1240 g/mol. The summed E-state index contributed by atoms with van der Waals surface area (Å²) in [4.78, 5) is 65.9. The average Bonchev–Trinajstić information content (AvgIpc) is 4.09. The fraction of sp³-hybridized carbons (Fsp3) is 0.769. The normalized spacial score (nSPS) is 20.8. The number of aliphatic carboxylic acids is 2. The molecule has 4 aromatic heterocycles. The van der Waals surface area contributed by atoms with E-state index < -0.39 is 57.0 Å². The Labute approximate surface area is 479 Å². The Morgan fingerprint density at radius 1 is 0.658 bits per heavy atom. The lowest BCUT2D eigenvalue weighted by Crippen LogP contribution is -2.48. The van der Waals surface area contributed by atoms with Crippen LogP contribution in [0, 0.1) is 0 Å². The van der Waals surface area contributed by atoms with E-state index in [0.29, 0.717) is 37.3 Å². The zero-order valence-corrected chi connectivity index (χ0v) is 56.4. The number of nitrogens with zero attached hydrogens (tertiary/aromatic N) is 7. The number of fused-ring (bicyclic) bond motifs is 2. The van der Waals surface area contributed by atoms with Gasteiger partial charge in [-0.3, -0.25) is 37.9 Å². The molecule has 27 heteroatoms. The van der Waals surface area contributed by atoms with Gasteiger partial charge in [0.25, 0.3) is 11.1 Å². The van der Waals surface area contributed by atoms with E-state index in [4.69, 9.17) is 48.9 Å². The fourth-order valence-electron chi connectivity index (χ4n) is 7.62. The molecule has 22 nitrogen and oxygen atoms in total. The Morgan fingerprint density at radius 3 is 1.43 bits per heavy atom. The minimum Gasteiger partial charge on any atom is -0.481 e. The Hall–Kier alpha value is -3.65. The summed E-state index contributed by atoms with van der Waals surface area (Å²) >= 11 is 3.11. The number of nitrogens with two attached hydrogens (primary N) is 2. The first-order valence-electron chi connectivity index (χ1n) is 27.3. The SMILES string of the molecule is CC(C)(C)[Si](C)(C)OC[C@H]1O[C@@H](n2cnc3c(=O)[nH]c(N)nc32)CC1O[Si](C)(C)C(C)(C)C.CC(C)(C)[Si](C)(C)OC[C@H]1O[C@@H](n2cnc3c(=O)n(CCCC(=O)O)c(N)nc32)CC1O[Si](C)(C)C(C)(C)C.O=C(O)CCCBr. The minimum atomic E-state index is -2.12. The fourth-order valence-corrected chi connectivity index (χ4v) is 12.6. The second-order valence-corrected chi connectivity index (χ2v) is 46.8. The third kappa shape index (κ3) is 17.2. The molecule has 2 aliphatic heterocycles. The van der Waals surface area contributed by atoms with Crippen LogP contribution in [-0.2, 0) is 43.3 Å². The molecule has 0 spiro atoms. The van der Waals surface area contributed by atoms with Gasteiger partial charge in [-0.25, -0.2) is 9.97 Å². The van der Waals surface area contributed by atoms with E-state index in [1.165, 1.54) is 4.57 Å². The van der Waals surface area contributed by atoms with Crippen LogP contribution in [0.25, 0.3) is 22.3 Å². The summed E-state index contributed by atoms with van der Waals surface area (Å²) in [5, 5.41) is 18.0. The van der Waals surface area contributed by atoms with Crippen molar-refractivity contribution in [1.82, 2.24) is 38.6 Å². The van der Waals surface area contributed by atoms with Crippen molar-refractivity contribution in [3.05, 3.63) is 33.4 Å². The molecule has 6 atom stereocenters. The third-order valence-corrected chi connectivity index (χ3v) is 35.3. The van der Waals surface area contributed by atoms with E-state index >= 15 is 0 Å². The summed E-state index contributed by atoms with van der Waals surface area (Å²) in [6, 6.07) is 0. The number of carbonyl (C=O) groups is 2. The highest BCUT2D eigenvalue weighted by Gasteiger charge is 2.49. The number of carboxylic acid groups (broad SMARTS) is 2. The number of carboxylic acids is 2. The van der Waals surface area contributed by atoms with Crippen LogP contribution < -0.4 is 22.6 Å². The number of rotatable bonds is 19. The van der Waals surface area contributed by atoms with Gasteiger partial charge < -0.3 is 48.9 Å². The van der Waals surface area contributed by atoms with E-state index in [0.717, 1.165) is 11.8 Å². The molecule has 0 bridgehead atoms. The van der Waals surface area contributed by atoms with Crippen LogP contribution in [0.15, 0.2) is 22.2 Å². The number of anilines is 2. The van der Waals surface area contributed by atoms with Crippen LogP contribution in [0.4, 0.5) is 11.9 Å². The molecule has 6 rings (SSSR count). The van der Waals surface area contributed by atoms with E-state index in [1.807, 2.05) is 0 Å². The molecule has 448 valence electrons. The maximum atomic E-state index is 13.1. The van der Waals surface area contributed by atoms with Gasteiger partial charge in [-0.2, -0.15) is 9.97 Å². The quantitative estimate of drug-likeness (QED) is 0.0430. The van der Waals surface area contributed by atoms with Crippen LogP contribution in [0.5, 0.6) is 0 Å². The predicted molar refractivity (Wildman–Crippen MR) is 324 cm³/mol. The molecule has 4 aromatic rings. The number of nitrogens with one attached hydrogen (secondary N) is 1. The highest BCUT2D eigenvalue weighted by Crippen LogP contribution is 2.45. The smallest absolute Gasteiger partial charge is 0.303 e. The van der Waals surface area contributed by atoms with Gasteiger partial charge in [0.2, 0.25) is 11.9 Å². The maximum absolute atomic E-state index is 13.1. The number of aromatic nitrogens is 8. The first-order chi connectivity index (χ1) is 35.9. The lowest BCUT2D eigenvalue weighted by atomic mass is 10.2. The van der Waals surface area contributed by atoms with Gasteiger partial charge in [0.1, 0.15) is 24.7 Å². The molecule has 0 saturated carbocycles. The summed E-state index contributed by atoms with van der Waals surface area (Å²) in [5.74, 6) is -1.58. The van der Waals surface area contributed by atoms with Crippen LogP contribution >= 0.6 is 15.9 Å². The molecule has 2 fully saturated rings. The van der Waals surface area contributed by atoms with E-state index in [9.17, 15) is 19.2 Å². The van der Waals surface area contributed by atoms with Crippen LogP contribution in [0.1, 0.15) is 134 Å². The number of alkyl halides is 1. The summed E-state index contributed by atoms with van der Waals surface area (Å²) in [7, 11) is -8.15. The van der Waals surface area contributed by atoms with Gasteiger partial charge >= 0.3 is 11.9 Å². The van der Waals surface area contributed by atoms with Gasteiger partial charge in [-0.05, 0) is 85.4 Å². The molecule has 0 aromatic carbocycles. The van der Waals surface area contributed by atoms with Gasteiger partial charge in [-0.1, -0.05) is 99.0 Å². The lowest BCUT2D eigenvalue weighted by molar-refractivity contribution is -0.138. The number of hydrogen-bond acceptors (Lipinski definition) is 16. The van der Waals surface area contributed by atoms with Gasteiger partial charge in [0, 0.05) is 37.6 Å². The van der Waals surface area contributed by atoms with Crippen LogP contribution in [0.3, 0.4) is 0 Å². The zero-order valence-electron chi connectivity index (χ0n) is 50.8. The van der Waals surface area contributed by atoms with E-state index in [2.05, 4.69) is 176 Å². The number of hydrogen-bond donors (Lipinski definition) is 5. The van der Waals surface area contributed by atoms with Crippen molar-refractivity contribution in [2.75, 3.05) is 30.0 Å². The number of halogens is 1. The summed E-state index contributed by atoms with van der Waals surface area (Å²) in [6.07, 6.45) is 3.87. The largest absolute Gasteiger partial charge is 0.481 e. The Bertz CT molecular complexity index is 2830. The van der Waals surface area contributed by atoms with Crippen LogP contribution in [0.2, 0.25) is 72.5 Å². The topological polar surface area (TPSA) is 298 Å². The predicted octanol–water partition coefficient (Wildman–Crippen LogP) is 10.4. The number of aromatic amines is 1. The van der Waals surface area contributed by atoms with Crippen molar-refractivity contribution in [3.8, 4) is 0 Å². The number of H-pyrrole nitrogens is 1. The van der Waals surface area contributed by atoms with Gasteiger partial charge in [0.15, 0.2) is 55.6 Å². The molecule has 7 N–H and O–H groups in total. The Kier molecular flexibility index (Phi) is 22.2. The molecule has 79 heavy (non-hydrogen) atoms. The maximum Gasteiger partial charge on any atom is 0.303 e. The van der Waals surface area contributed by atoms with Gasteiger partial charge in [-0.15, -0.1) is 0 Å². The second kappa shape index (κ2) is 25.9. The Morgan fingerprint density at radius 2 is 1.05 bits per heavy atom. The zero-order chi connectivity index (χ0) is 60.2. The van der Waals surface area contributed by atoms with Crippen molar-refractivity contribution in [2.24, 2.45) is 0 Å².